The summed E-state index contributed by atoms with van der Waals surface area (Å²) in [6.45, 7) is 2.04. The first-order valence-electron chi connectivity index (χ1n) is 4.35. The molecular formula is C11H10N2S. The van der Waals surface area contributed by atoms with Gasteiger partial charge in [-0.3, -0.25) is 0 Å². The maximum atomic E-state index is 8.72. The highest BCUT2D eigenvalue weighted by molar-refractivity contribution is 8.04. The minimum atomic E-state index is 1.07. The van der Waals surface area contributed by atoms with Crippen molar-refractivity contribution in [3.8, 4) is 5.40 Å². The highest BCUT2D eigenvalue weighted by atomic mass is 32.2. The van der Waals surface area contributed by atoms with Crippen molar-refractivity contribution in [1.82, 2.24) is 4.57 Å². The van der Waals surface area contributed by atoms with Crippen LogP contribution in [0, 0.1) is 17.6 Å². The van der Waals surface area contributed by atoms with Gasteiger partial charge >= 0.3 is 0 Å². The third kappa shape index (κ3) is 1.19. The molecule has 0 amide bonds. The number of aromatic nitrogens is 1. The first-order valence-corrected chi connectivity index (χ1v) is 5.17. The lowest BCUT2D eigenvalue weighted by molar-refractivity contribution is 0.901. The summed E-state index contributed by atoms with van der Waals surface area (Å²) in [4.78, 5) is 1.07. The molecular weight excluding hydrogens is 192 g/mol. The van der Waals surface area contributed by atoms with Crippen LogP contribution in [-0.2, 0) is 7.05 Å². The van der Waals surface area contributed by atoms with E-state index in [0.29, 0.717) is 0 Å². The Kier molecular flexibility index (Phi) is 2.22. The van der Waals surface area contributed by atoms with E-state index in [1.54, 1.807) is 0 Å². The van der Waals surface area contributed by atoms with Crippen LogP contribution in [0.25, 0.3) is 10.9 Å². The second-order valence-electron chi connectivity index (χ2n) is 3.18. The van der Waals surface area contributed by atoms with E-state index in [-0.39, 0.29) is 0 Å². The van der Waals surface area contributed by atoms with Crippen molar-refractivity contribution >= 4 is 22.7 Å². The van der Waals surface area contributed by atoms with E-state index in [9.17, 15) is 0 Å². The predicted octanol–water partition coefficient (Wildman–Crippen LogP) is 3.06. The summed E-state index contributed by atoms with van der Waals surface area (Å²) < 4.78 is 2.12. The zero-order chi connectivity index (χ0) is 10.1. The lowest BCUT2D eigenvalue weighted by Crippen LogP contribution is -1.89. The van der Waals surface area contributed by atoms with E-state index in [4.69, 9.17) is 5.26 Å². The summed E-state index contributed by atoms with van der Waals surface area (Å²) >= 11 is 1.24. The fraction of sp³-hybridized carbons (Fsp3) is 0.182. The minimum absolute atomic E-state index is 1.07. The summed E-state index contributed by atoms with van der Waals surface area (Å²) in [5.74, 6) is 0. The van der Waals surface area contributed by atoms with Gasteiger partial charge in [0.25, 0.3) is 0 Å². The zero-order valence-corrected chi connectivity index (χ0v) is 8.93. The Morgan fingerprint density at radius 2 is 2.07 bits per heavy atom. The predicted molar refractivity (Wildman–Crippen MR) is 59.1 cm³/mol. The molecule has 0 aliphatic carbocycles. The molecule has 0 unspecified atom stereocenters. The van der Waals surface area contributed by atoms with E-state index < -0.39 is 0 Å². The highest BCUT2D eigenvalue weighted by Gasteiger charge is 2.10. The van der Waals surface area contributed by atoms with Crippen LogP contribution in [0.4, 0.5) is 0 Å². The van der Waals surface area contributed by atoms with E-state index >= 15 is 0 Å². The molecule has 0 saturated heterocycles. The van der Waals surface area contributed by atoms with Gasteiger partial charge in [0.2, 0.25) is 0 Å². The fourth-order valence-electron chi connectivity index (χ4n) is 1.66. The minimum Gasteiger partial charge on any atom is -0.347 e. The number of thioether (sulfide) groups is 1. The first kappa shape index (κ1) is 9.17. The molecule has 2 nitrogen and oxygen atoms in total. The Hall–Kier alpha value is -1.40. The summed E-state index contributed by atoms with van der Waals surface area (Å²) in [7, 11) is 2.03. The van der Waals surface area contributed by atoms with Crippen molar-refractivity contribution in [2.45, 2.75) is 11.8 Å². The maximum absolute atomic E-state index is 8.72. The number of nitriles is 1. The van der Waals surface area contributed by atoms with Crippen molar-refractivity contribution in [3.63, 3.8) is 0 Å². The van der Waals surface area contributed by atoms with Crippen LogP contribution in [0.3, 0.4) is 0 Å². The number of thiocyanates is 1. The smallest absolute Gasteiger partial charge is 0.138 e. The van der Waals surface area contributed by atoms with E-state index in [2.05, 4.69) is 22.1 Å². The number of aryl methyl sites for hydroxylation is 1. The van der Waals surface area contributed by atoms with E-state index in [0.717, 1.165) is 10.6 Å². The molecule has 1 aromatic carbocycles. The van der Waals surface area contributed by atoms with Gasteiger partial charge < -0.3 is 4.57 Å². The van der Waals surface area contributed by atoms with Crippen LogP contribution in [0.1, 0.15) is 5.69 Å². The number of benzene rings is 1. The van der Waals surface area contributed by atoms with Crippen molar-refractivity contribution in [3.05, 3.63) is 30.0 Å². The molecule has 0 saturated carbocycles. The Morgan fingerprint density at radius 1 is 1.36 bits per heavy atom. The SMILES string of the molecule is Cc1c(SC#N)c2ccccc2n1C. The van der Waals surface area contributed by atoms with Gasteiger partial charge in [0.1, 0.15) is 5.40 Å². The molecule has 0 radical (unpaired) electrons. The summed E-state index contributed by atoms with van der Waals surface area (Å²) in [5.41, 5.74) is 2.33. The molecule has 1 heterocycles. The molecule has 0 spiro atoms. The van der Waals surface area contributed by atoms with Crippen molar-refractivity contribution in [2.24, 2.45) is 7.05 Å². The highest BCUT2D eigenvalue weighted by Crippen LogP contribution is 2.32. The lowest BCUT2D eigenvalue weighted by atomic mass is 10.2. The average Bonchev–Trinajstić information content (AvgIpc) is 2.45. The summed E-state index contributed by atoms with van der Waals surface area (Å²) in [6.07, 6.45) is 0. The largest absolute Gasteiger partial charge is 0.347 e. The van der Waals surface area contributed by atoms with E-state index in [1.807, 2.05) is 26.1 Å². The Bertz CT molecular complexity index is 520. The Balaban J connectivity index is 2.82. The second-order valence-corrected chi connectivity index (χ2v) is 3.98. The van der Waals surface area contributed by atoms with Gasteiger partial charge in [0, 0.05) is 23.6 Å². The average molecular weight is 202 g/mol. The molecule has 2 aromatic rings. The molecule has 3 heteroatoms. The first-order chi connectivity index (χ1) is 6.75. The third-order valence-electron chi connectivity index (χ3n) is 2.49. The number of nitrogens with zero attached hydrogens (tertiary/aromatic N) is 2. The van der Waals surface area contributed by atoms with Crippen molar-refractivity contribution < 1.29 is 0 Å². The number of hydrogen-bond acceptors (Lipinski definition) is 2. The van der Waals surface area contributed by atoms with Crippen LogP contribution >= 0.6 is 11.8 Å². The van der Waals surface area contributed by atoms with Gasteiger partial charge in [-0.1, -0.05) is 18.2 Å². The number of fused-ring (bicyclic) bond motifs is 1. The van der Waals surface area contributed by atoms with Gasteiger partial charge in [-0.05, 0) is 24.8 Å². The zero-order valence-electron chi connectivity index (χ0n) is 8.11. The molecule has 0 fully saturated rings. The number of hydrogen-bond donors (Lipinski definition) is 0. The Labute approximate surface area is 87.1 Å². The molecule has 0 N–H and O–H groups in total. The molecule has 1 aromatic heterocycles. The topological polar surface area (TPSA) is 28.7 Å². The van der Waals surface area contributed by atoms with Gasteiger partial charge in [0.05, 0.1) is 4.90 Å². The van der Waals surface area contributed by atoms with Crippen molar-refractivity contribution in [2.75, 3.05) is 0 Å². The second kappa shape index (κ2) is 3.39. The maximum Gasteiger partial charge on any atom is 0.138 e. The molecule has 0 aliphatic heterocycles. The number of para-hydroxylation sites is 1. The van der Waals surface area contributed by atoms with Crippen LogP contribution in [0.15, 0.2) is 29.2 Å². The fourth-order valence-corrected chi connectivity index (χ4v) is 2.32. The molecule has 0 atom stereocenters. The van der Waals surface area contributed by atoms with Gasteiger partial charge in [-0.15, -0.1) is 0 Å². The molecule has 2 rings (SSSR count). The molecule has 0 aliphatic rings. The van der Waals surface area contributed by atoms with Crippen LogP contribution in [0.2, 0.25) is 0 Å². The van der Waals surface area contributed by atoms with Crippen LogP contribution in [-0.4, -0.2) is 4.57 Å². The standard InChI is InChI=1S/C11H10N2S/c1-8-11(14-7-12)9-5-3-4-6-10(9)13(8)2/h3-6H,1-2H3. The third-order valence-corrected chi connectivity index (χ3v) is 3.30. The normalized spacial score (nSPS) is 10.4. The van der Waals surface area contributed by atoms with E-state index in [1.165, 1.54) is 22.7 Å². The summed E-state index contributed by atoms with van der Waals surface area (Å²) in [6, 6.07) is 8.15. The molecule has 0 bridgehead atoms. The van der Waals surface area contributed by atoms with Crippen molar-refractivity contribution in [1.29, 1.82) is 5.26 Å². The van der Waals surface area contributed by atoms with Crippen LogP contribution in [0.5, 0.6) is 0 Å². The van der Waals surface area contributed by atoms with Gasteiger partial charge in [-0.2, -0.15) is 5.26 Å². The monoisotopic (exact) mass is 202 g/mol. The molecule has 70 valence electrons. The Morgan fingerprint density at radius 3 is 2.79 bits per heavy atom. The lowest BCUT2D eigenvalue weighted by Gasteiger charge is -1.96. The van der Waals surface area contributed by atoms with Gasteiger partial charge in [-0.25, -0.2) is 0 Å². The van der Waals surface area contributed by atoms with Gasteiger partial charge in [0.15, 0.2) is 0 Å². The van der Waals surface area contributed by atoms with Crippen LogP contribution < -0.4 is 0 Å². The summed E-state index contributed by atoms with van der Waals surface area (Å²) in [5, 5.41) is 12.0. The quantitative estimate of drug-likeness (QED) is 0.525. The molecule has 14 heavy (non-hydrogen) atoms. The number of rotatable bonds is 1.